The van der Waals surface area contributed by atoms with Gasteiger partial charge >= 0.3 is 0 Å². The molecule has 288 valence electrons. The van der Waals surface area contributed by atoms with Gasteiger partial charge in [0, 0.05) is 36.9 Å². The molecule has 0 amide bonds. The van der Waals surface area contributed by atoms with E-state index in [1.807, 2.05) is 0 Å². The first kappa shape index (κ1) is 35.0. The lowest BCUT2D eigenvalue weighted by atomic mass is 9.70. The molecule has 0 bridgehead atoms. The average molecular weight is 806 g/mol. The Kier molecular flexibility index (Phi) is 7.69. The Morgan fingerprint density at radius 2 is 0.774 bits per heavy atom. The molecule has 2 aliphatic carbocycles. The summed E-state index contributed by atoms with van der Waals surface area (Å²) in [5.41, 5.74) is 17.3. The summed E-state index contributed by atoms with van der Waals surface area (Å²) in [7, 11) is 0. The Bertz CT molecular complexity index is 3540. The summed E-state index contributed by atoms with van der Waals surface area (Å²) in [4.78, 5) is 16.2. The van der Waals surface area contributed by atoms with Crippen molar-refractivity contribution in [1.29, 1.82) is 0 Å². The molecule has 2 aromatic heterocycles. The summed E-state index contributed by atoms with van der Waals surface area (Å²) in [6.45, 7) is 0. The van der Waals surface area contributed by atoms with Gasteiger partial charge in [0.2, 0.25) is 0 Å². The Morgan fingerprint density at radius 3 is 1.52 bits per heavy atom. The molecule has 2 heterocycles. The number of hydrogen-bond donors (Lipinski definition) is 0. The summed E-state index contributed by atoms with van der Waals surface area (Å²) in [5.74, 6) is 1.96. The van der Waals surface area contributed by atoms with Crippen molar-refractivity contribution in [3.8, 4) is 78.7 Å². The van der Waals surface area contributed by atoms with E-state index in [2.05, 4.69) is 212 Å². The molecule has 1 spiro atoms. The Hall–Kier alpha value is -7.79. The number of fused-ring (bicyclic) bond motifs is 13. The Balaban J connectivity index is 1.03. The summed E-state index contributed by atoms with van der Waals surface area (Å²) >= 11 is 1.80. The highest BCUT2D eigenvalue weighted by molar-refractivity contribution is 7.26. The van der Waals surface area contributed by atoms with Crippen molar-refractivity contribution in [1.82, 2.24) is 15.0 Å². The van der Waals surface area contributed by atoms with Gasteiger partial charge in [0.15, 0.2) is 17.5 Å². The van der Waals surface area contributed by atoms with Crippen molar-refractivity contribution < 1.29 is 0 Å². The van der Waals surface area contributed by atoms with Gasteiger partial charge in [0.25, 0.3) is 0 Å². The van der Waals surface area contributed by atoms with Crippen LogP contribution in [0, 0.1) is 0 Å². The van der Waals surface area contributed by atoms with Gasteiger partial charge in [0.05, 0.1) is 5.41 Å². The van der Waals surface area contributed by atoms with Crippen LogP contribution in [0.1, 0.15) is 22.3 Å². The van der Waals surface area contributed by atoms with E-state index in [0.29, 0.717) is 17.5 Å². The molecule has 0 saturated heterocycles. The number of hydrogen-bond acceptors (Lipinski definition) is 4. The molecular formula is C58H35N3S. The first-order chi connectivity index (χ1) is 30.7. The maximum Gasteiger partial charge on any atom is 0.165 e. The van der Waals surface area contributed by atoms with E-state index in [-0.39, 0.29) is 0 Å². The van der Waals surface area contributed by atoms with Crippen LogP contribution < -0.4 is 0 Å². The molecular weight excluding hydrogens is 771 g/mol. The van der Waals surface area contributed by atoms with Crippen molar-refractivity contribution >= 4 is 31.5 Å². The standard InChI is InChI=1S/C58H35N3S/c1-2-15-36(16-3-1)39-17-12-18-40(35-39)37-31-33-38(34-32-37)55-59-56(61-57(60-55)47-25-13-23-44-43-21-7-11-30-52(43)62-54(44)47)46-24-14-29-51-53(46)45-22-6-10-28-50(45)58(51)48-26-8-4-19-41(48)42-20-5-9-27-49(42)58/h1-35H. The molecule has 9 aromatic carbocycles. The molecule has 0 aliphatic heterocycles. The van der Waals surface area contributed by atoms with Crippen LogP contribution in [0.3, 0.4) is 0 Å². The minimum atomic E-state index is -0.468. The lowest BCUT2D eigenvalue weighted by molar-refractivity contribution is 0.794. The third-order valence-corrected chi connectivity index (χ3v) is 14.2. The third kappa shape index (κ3) is 5.08. The smallest absolute Gasteiger partial charge is 0.165 e. The number of nitrogens with zero attached hydrogens (tertiary/aromatic N) is 3. The summed E-state index contributed by atoms with van der Waals surface area (Å²) in [6, 6.07) is 76.6. The van der Waals surface area contributed by atoms with Crippen molar-refractivity contribution in [2.45, 2.75) is 5.41 Å². The van der Waals surface area contributed by atoms with E-state index in [4.69, 9.17) is 15.0 Å². The van der Waals surface area contributed by atoms with E-state index in [1.54, 1.807) is 11.3 Å². The minimum Gasteiger partial charge on any atom is -0.208 e. The molecule has 0 saturated carbocycles. The van der Waals surface area contributed by atoms with E-state index in [0.717, 1.165) is 27.8 Å². The molecule has 3 nitrogen and oxygen atoms in total. The van der Waals surface area contributed by atoms with Gasteiger partial charge in [-0.1, -0.05) is 194 Å². The summed E-state index contributed by atoms with van der Waals surface area (Å²) in [6.07, 6.45) is 0. The zero-order valence-electron chi connectivity index (χ0n) is 33.5. The molecule has 0 unspecified atom stereocenters. The van der Waals surface area contributed by atoms with Crippen LogP contribution in [0.25, 0.3) is 98.8 Å². The quantitative estimate of drug-likeness (QED) is 0.174. The first-order valence-corrected chi connectivity index (χ1v) is 21.9. The maximum atomic E-state index is 5.46. The Labute approximate surface area is 363 Å². The van der Waals surface area contributed by atoms with E-state index < -0.39 is 5.41 Å². The van der Waals surface area contributed by atoms with Crippen LogP contribution >= 0.6 is 11.3 Å². The van der Waals surface area contributed by atoms with Crippen LogP contribution in [0.5, 0.6) is 0 Å². The first-order valence-electron chi connectivity index (χ1n) is 21.1. The van der Waals surface area contributed by atoms with Gasteiger partial charge in [-0.05, 0) is 85.0 Å². The molecule has 0 radical (unpaired) electrons. The minimum absolute atomic E-state index is 0.468. The number of benzene rings is 9. The van der Waals surface area contributed by atoms with Gasteiger partial charge < -0.3 is 0 Å². The van der Waals surface area contributed by atoms with Gasteiger partial charge in [-0.15, -0.1) is 11.3 Å². The van der Waals surface area contributed by atoms with Gasteiger partial charge in [-0.2, -0.15) is 0 Å². The Morgan fingerprint density at radius 1 is 0.306 bits per heavy atom. The van der Waals surface area contributed by atoms with Crippen LogP contribution in [-0.2, 0) is 5.41 Å². The molecule has 62 heavy (non-hydrogen) atoms. The molecule has 0 fully saturated rings. The van der Waals surface area contributed by atoms with Crippen molar-refractivity contribution in [3.63, 3.8) is 0 Å². The second-order valence-corrected chi connectivity index (χ2v) is 17.3. The van der Waals surface area contributed by atoms with Gasteiger partial charge in [0.1, 0.15) is 0 Å². The number of rotatable bonds is 5. The second-order valence-electron chi connectivity index (χ2n) is 16.2. The highest BCUT2D eigenvalue weighted by Crippen LogP contribution is 2.63. The van der Waals surface area contributed by atoms with E-state index in [9.17, 15) is 0 Å². The fourth-order valence-corrected chi connectivity index (χ4v) is 11.5. The van der Waals surface area contributed by atoms with Gasteiger partial charge in [-0.25, -0.2) is 15.0 Å². The monoisotopic (exact) mass is 805 g/mol. The van der Waals surface area contributed by atoms with Crippen LogP contribution in [0.15, 0.2) is 212 Å². The topological polar surface area (TPSA) is 38.7 Å². The predicted molar refractivity (Wildman–Crippen MR) is 256 cm³/mol. The fraction of sp³-hybridized carbons (Fsp3) is 0.0172. The zero-order chi connectivity index (χ0) is 40.8. The van der Waals surface area contributed by atoms with Crippen LogP contribution in [0.2, 0.25) is 0 Å². The molecule has 4 heteroatoms. The SMILES string of the molecule is c1ccc(-c2cccc(-c3ccc(-c4nc(-c5cccc6c5-c5ccccc5C65c6ccccc6-c6ccccc65)nc(-c5cccc6c5sc5ccccc56)n4)cc3)c2)cc1. The van der Waals surface area contributed by atoms with Crippen molar-refractivity contribution in [2.24, 2.45) is 0 Å². The van der Waals surface area contributed by atoms with Crippen LogP contribution in [0.4, 0.5) is 0 Å². The van der Waals surface area contributed by atoms with Crippen molar-refractivity contribution in [2.75, 3.05) is 0 Å². The molecule has 11 aromatic rings. The van der Waals surface area contributed by atoms with E-state index >= 15 is 0 Å². The lowest BCUT2D eigenvalue weighted by Gasteiger charge is -2.30. The van der Waals surface area contributed by atoms with Gasteiger partial charge in [-0.3, -0.25) is 0 Å². The third-order valence-electron chi connectivity index (χ3n) is 13.0. The zero-order valence-corrected chi connectivity index (χ0v) is 34.3. The molecule has 13 rings (SSSR count). The summed E-state index contributed by atoms with van der Waals surface area (Å²) in [5, 5.41) is 2.46. The van der Waals surface area contributed by atoms with Crippen molar-refractivity contribution in [3.05, 3.63) is 235 Å². The highest BCUT2D eigenvalue weighted by Gasteiger charge is 2.52. The normalized spacial score (nSPS) is 13.0. The molecule has 0 atom stereocenters. The number of aromatic nitrogens is 3. The second kappa shape index (κ2) is 13.6. The van der Waals surface area contributed by atoms with E-state index in [1.165, 1.54) is 75.8 Å². The largest absolute Gasteiger partial charge is 0.208 e. The average Bonchev–Trinajstić information content (AvgIpc) is 3.99. The predicted octanol–water partition coefficient (Wildman–Crippen LogP) is 14.9. The van der Waals surface area contributed by atoms with Crippen LogP contribution in [-0.4, -0.2) is 15.0 Å². The maximum absolute atomic E-state index is 5.46. The lowest BCUT2D eigenvalue weighted by Crippen LogP contribution is -2.25. The highest BCUT2D eigenvalue weighted by atomic mass is 32.1. The fourth-order valence-electron chi connectivity index (χ4n) is 10.3. The summed E-state index contributed by atoms with van der Waals surface area (Å²) < 4.78 is 2.42. The number of thiophene rings is 1. The molecule has 0 N–H and O–H groups in total. The molecule has 2 aliphatic rings.